The van der Waals surface area contributed by atoms with Gasteiger partial charge in [0, 0.05) is 19.3 Å². The van der Waals surface area contributed by atoms with E-state index in [4.69, 9.17) is 0 Å². The summed E-state index contributed by atoms with van der Waals surface area (Å²) in [4.78, 5) is 37.0. The first kappa shape index (κ1) is 14.5. The van der Waals surface area contributed by atoms with Crippen LogP contribution in [0.25, 0.3) is 11.2 Å². The SMILES string of the molecule is CC[C@]1(C(=O)O)CCCN(C(=O)c2nc3ncccc3[nH]2)C1. The number of carbonyl (C=O) groups is 2. The number of nitrogens with one attached hydrogen (secondary N) is 1. The van der Waals surface area contributed by atoms with Crippen molar-refractivity contribution in [3.8, 4) is 0 Å². The highest BCUT2D eigenvalue weighted by Crippen LogP contribution is 2.34. The molecule has 116 valence electrons. The van der Waals surface area contributed by atoms with Crippen molar-refractivity contribution in [3.63, 3.8) is 0 Å². The molecule has 2 aromatic rings. The van der Waals surface area contributed by atoms with Gasteiger partial charge < -0.3 is 15.0 Å². The average molecular weight is 302 g/mol. The van der Waals surface area contributed by atoms with Gasteiger partial charge in [-0.15, -0.1) is 0 Å². The number of rotatable bonds is 3. The lowest BCUT2D eigenvalue weighted by Crippen LogP contribution is -2.49. The number of pyridine rings is 1. The number of fused-ring (bicyclic) bond motifs is 1. The number of aromatic amines is 1. The van der Waals surface area contributed by atoms with Gasteiger partial charge in [0.1, 0.15) is 0 Å². The lowest BCUT2D eigenvalue weighted by molar-refractivity contribution is -0.152. The van der Waals surface area contributed by atoms with Crippen LogP contribution in [0.5, 0.6) is 0 Å². The van der Waals surface area contributed by atoms with Crippen LogP contribution in [0, 0.1) is 5.41 Å². The highest BCUT2D eigenvalue weighted by molar-refractivity contribution is 5.94. The molecule has 0 unspecified atom stereocenters. The van der Waals surface area contributed by atoms with E-state index in [0.717, 1.165) is 0 Å². The molecule has 1 atom stereocenters. The van der Waals surface area contributed by atoms with Gasteiger partial charge in [-0.2, -0.15) is 0 Å². The summed E-state index contributed by atoms with van der Waals surface area (Å²) in [7, 11) is 0. The molecule has 0 saturated carbocycles. The average Bonchev–Trinajstić information content (AvgIpc) is 2.98. The monoisotopic (exact) mass is 302 g/mol. The molecular weight excluding hydrogens is 284 g/mol. The van der Waals surface area contributed by atoms with Gasteiger partial charge >= 0.3 is 5.97 Å². The Kier molecular flexibility index (Phi) is 3.56. The molecule has 3 rings (SSSR count). The summed E-state index contributed by atoms with van der Waals surface area (Å²) in [6.07, 6.45) is 3.41. The van der Waals surface area contributed by atoms with Crippen molar-refractivity contribution >= 4 is 23.0 Å². The van der Waals surface area contributed by atoms with Crippen LogP contribution in [0.3, 0.4) is 0 Å². The van der Waals surface area contributed by atoms with Crippen molar-refractivity contribution in [2.75, 3.05) is 13.1 Å². The second-order valence-corrected chi connectivity index (χ2v) is 5.73. The Morgan fingerprint density at radius 2 is 2.32 bits per heavy atom. The van der Waals surface area contributed by atoms with Crippen molar-refractivity contribution in [3.05, 3.63) is 24.2 Å². The normalized spacial score (nSPS) is 22.0. The summed E-state index contributed by atoms with van der Waals surface area (Å²) in [6.45, 7) is 2.63. The zero-order valence-corrected chi connectivity index (χ0v) is 12.4. The maximum atomic E-state index is 12.6. The van der Waals surface area contributed by atoms with E-state index in [2.05, 4.69) is 15.0 Å². The maximum absolute atomic E-state index is 12.6. The molecule has 1 aliphatic heterocycles. The number of aromatic nitrogens is 3. The first-order chi connectivity index (χ1) is 10.6. The molecule has 22 heavy (non-hydrogen) atoms. The van der Waals surface area contributed by atoms with E-state index >= 15 is 0 Å². The molecule has 1 amide bonds. The van der Waals surface area contributed by atoms with Gasteiger partial charge in [0.25, 0.3) is 5.91 Å². The van der Waals surface area contributed by atoms with Gasteiger partial charge in [-0.3, -0.25) is 9.59 Å². The third-order valence-corrected chi connectivity index (χ3v) is 4.45. The number of carboxylic acids is 1. The van der Waals surface area contributed by atoms with Gasteiger partial charge in [-0.05, 0) is 31.4 Å². The summed E-state index contributed by atoms with van der Waals surface area (Å²) in [5, 5.41) is 9.50. The maximum Gasteiger partial charge on any atom is 0.311 e. The summed E-state index contributed by atoms with van der Waals surface area (Å²) in [5.74, 6) is -0.887. The molecule has 0 aliphatic carbocycles. The van der Waals surface area contributed by atoms with Crippen LogP contribution in [0.4, 0.5) is 0 Å². The van der Waals surface area contributed by atoms with E-state index in [1.165, 1.54) is 0 Å². The Morgan fingerprint density at radius 3 is 3.00 bits per heavy atom. The summed E-state index contributed by atoms with van der Waals surface area (Å²) in [6, 6.07) is 3.57. The lowest BCUT2D eigenvalue weighted by atomic mass is 9.77. The predicted molar refractivity (Wildman–Crippen MR) is 79.4 cm³/mol. The number of piperidine rings is 1. The number of hydrogen-bond donors (Lipinski definition) is 2. The van der Waals surface area contributed by atoms with Crippen LogP contribution in [-0.4, -0.2) is 49.9 Å². The fourth-order valence-electron chi connectivity index (χ4n) is 3.02. The number of likely N-dealkylation sites (tertiary alicyclic amines) is 1. The second-order valence-electron chi connectivity index (χ2n) is 5.73. The smallest absolute Gasteiger partial charge is 0.311 e. The molecule has 3 heterocycles. The number of amides is 1. The number of H-pyrrole nitrogens is 1. The molecular formula is C15H18N4O3. The summed E-state index contributed by atoms with van der Waals surface area (Å²) in [5.41, 5.74) is 0.337. The van der Waals surface area contributed by atoms with E-state index in [1.54, 1.807) is 23.2 Å². The van der Waals surface area contributed by atoms with Gasteiger partial charge in [0.2, 0.25) is 0 Å². The van der Waals surface area contributed by atoms with Gasteiger partial charge in [-0.1, -0.05) is 6.92 Å². The van der Waals surface area contributed by atoms with Gasteiger partial charge in [0.15, 0.2) is 11.5 Å². The van der Waals surface area contributed by atoms with E-state index in [1.807, 2.05) is 6.92 Å². The Labute approximate surface area is 127 Å². The van der Waals surface area contributed by atoms with Gasteiger partial charge in [0.05, 0.1) is 10.9 Å². The molecule has 0 spiro atoms. The Balaban J connectivity index is 1.86. The molecule has 2 aromatic heterocycles. The quantitative estimate of drug-likeness (QED) is 0.898. The topological polar surface area (TPSA) is 99.2 Å². The first-order valence-electron chi connectivity index (χ1n) is 7.39. The molecule has 7 heteroatoms. The van der Waals surface area contributed by atoms with Crippen LogP contribution < -0.4 is 0 Å². The van der Waals surface area contributed by atoms with Crippen molar-refractivity contribution in [1.82, 2.24) is 19.9 Å². The van der Waals surface area contributed by atoms with Crippen LogP contribution in [0.15, 0.2) is 18.3 Å². The fraction of sp³-hybridized carbons (Fsp3) is 0.467. The molecule has 1 aliphatic rings. The summed E-state index contributed by atoms with van der Waals surface area (Å²) < 4.78 is 0. The second kappa shape index (κ2) is 5.40. The van der Waals surface area contributed by atoms with Crippen LogP contribution in [0.2, 0.25) is 0 Å². The van der Waals surface area contributed by atoms with Crippen molar-refractivity contribution < 1.29 is 14.7 Å². The molecule has 0 aromatic carbocycles. The zero-order valence-electron chi connectivity index (χ0n) is 12.4. The highest BCUT2D eigenvalue weighted by atomic mass is 16.4. The summed E-state index contributed by atoms with van der Waals surface area (Å²) >= 11 is 0. The van der Waals surface area contributed by atoms with Crippen molar-refractivity contribution in [2.24, 2.45) is 5.41 Å². The van der Waals surface area contributed by atoms with E-state index in [9.17, 15) is 14.7 Å². The standard InChI is InChI=1S/C15H18N4O3/c1-2-15(14(21)22)6-4-8-19(9-15)13(20)12-17-10-5-3-7-16-11(10)18-12/h3,5,7H,2,4,6,8-9H2,1H3,(H,21,22)(H,16,17,18)/t15-/m0/s1. The molecule has 7 nitrogen and oxygen atoms in total. The Bertz CT molecular complexity index is 693. The minimum Gasteiger partial charge on any atom is -0.481 e. The third kappa shape index (κ3) is 2.32. The van der Waals surface area contributed by atoms with Gasteiger partial charge in [-0.25, -0.2) is 9.97 Å². The van der Waals surface area contributed by atoms with Crippen molar-refractivity contribution in [2.45, 2.75) is 26.2 Å². The van der Waals surface area contributed by atoms with E-state index in [0.29, 0.717) is 37.0 Å². The van der Waals surface area contributed by atoms with Crippen LogP contribution >= 0.6 is 0 Å². The molecule has 0 bridgehead atoms. The number of hydrogen-bond acceptors (Lipinski definition) is 4. The predicted octanol–water partition coefficient (Wildman–Crippen LogP) is 1.67. The van der Waals surface area contributed by atoms with E-state index in [-0.39, 0.29) is 18.3 Å². The van der Waals surface area contributed by atoms with E-state index < -0.39 is 11.4 Å². The highest BCUT2D eigenvalue weighted by Gasteiger charge is 2.42. The first-order valence-corrected chi connectivity index (χ1v) is 7.39. The minimum atomic E-state index is -0.849. The number of imidazole rings is 1. The van der Waals surface area contributed by atoms with Crippen LogP contribution in [-0.2, 0) is 4.79 Å². The third-order valence-electron chi connectivity index (χ3n) is 4.45. The minimum absolute atomic E-state index is 0.214. The van der Waals surface area contributed by atoms with Crippen LogP contribution in [0.1, 0.15) is 36.8 Å². The largest absolute Gasteiger partial charge is 0.481 e. The number of carboxylic acid groups (broad SMARTS) is 1. The Hall–Kier alpha value is -2.44. The lowest BCUT2D eigenvalue weighted by Gasteiger charge is -2.39. The number of carbonyl (C=O) groups excluding carboxylic acids is 1. The number of nitrogens with zero attached hydrogens (tertiary/aromatic N) is 3. The van der Waals surface area contributed by atoms with Crippen molar-refractivity contribution in [1.29, 1.82) is 0 Å². The Morgan fingerprint density at radius 1 is 1.50 bits per heavy atom. The number of aliphatic carboxylic acids is 1. The zero-order chi connectivity index (χ0) is 15.7. The fourth-order valence-corrected chi connectivity index (χ4v) is 3.02. The molecule has 0 radical (unpaired) electrons. The molecule has 1 fully saturated rings. The molecule has 2 N–H and O–H groups in total. The molecule has 1 saturated heterocycles.